The number of rotatable bonds is 4. The van der Waals surface area contributed by atoms with E-state index in [-0.39, 0.29) is 29.8 Å². The highest BCUT2D eigenvalue weighted by Gasteiger charge is 2.36. The van der Waals surface area contributed by atoms with Crippen molar-refractivity contribution in [2.24, 2.45) is 5.73 Å². The van der Waals surface area contributed by atoms with E-state index >= 15 is 0 Å². The molecule has 176 valence electrons. The van der Waals surface area contributed by atoms with E-state index in [1.807, 2.05) is 13.0 Å². The van der Waals surface area contributed by atoms with Crippen molar-refractivity contribution >= 4 is 22.8 Å². The van der Waals surface area contributed by atoms with Crippen molar-refractivity contribution in [3.8, 4) is 11.3 Å². The van der Waals surface area contributed by atoms with E-state index < -0.39 is 11.7 Å². The molecule has 5 rings (SSSR count). The molecule has 1 aliphatic heterocycles. The zero-order valence-electron chi connectivity index (χ0n) is 18.2. The van der Waals surface area contributed by atoms with Gasteiger partial charge in [0.15, 0.2) is 0 Å². The summed E-state index contributed by atoms with van der Waals surface area (Å²) in [6.07, 6.45) is 0.208. The Morgan fingerprint density at radius 1 is 1.24 bits per heavy atom. The number of fused-ring (bicyclic) bond motifs is 1. The Labute approximate surface area is 188 Å². The molecule has 8 nitrogen and oxygen atoms in total. The van der Waals surface area contributed by atoms with Gasteiger partial charge in [-0.15, -0.1) is 0 Å². The van der Waals surface area contributed by atoms with E-state index in [4.69, 9.17) is 10.5 Å². The van der Waals surface area contributed by atoms with Gasteiger partial charge in [0.25, 0.3) is 0 Å². The van der Waals surface area contributed by atoms with Crippen LogP contribution in [0.3, 0.4) is 0 Å². The molecule has 0 bridgehead atoms. The molecule has 3 atom stereocenters. The summed E-state index contributed by atoms with van der Waals surface area (Å²) in [7, 11) is 0. The summed E-state index contributed by atoms with van der Waals surface area (Å²) in [5, 5.41) is 3.71. The molecule has 33 heavy (non-hydrogen) atoms. The average Bonchev–Trinajstić information content (AvgIpc) is 3.38. The first kappa shape index (κ1) is 21.9. The number of nitrogens with zero attached hydrogens (tertiary/aromatic N) is 4. The number of aromatic amines is 1. The first-order valence-electron chi connectivity index (χ1n) is 11.1. The van der Waals surface area contributed by atoms with E-state index in [1.165, 1.54) is 6.20 Å². The van der Waals surface area contributed by atoms with Gasteiger partial charge in [0.2, 0.25) is 5.95 Å². The number of nitrogens with one attached hydrogen (secondary N) is 2. The predicted molar refractivity (Wildman–Crippen MR) is 119 cm³/mol. The SMILES string of the molecule is C[C@H]1COCCN1c1ccc2c(-c3nc(NC4CCC(N)C4)ncc3C(F)(F)F)c[nH]c2n1. The van der Waals surface area contributed by atoms with Gasteiger partial charge in [0, 0.05) is 42.0 Å². The van der Waals surface area contributed by atoms with Crippen LogP contribution < -0.4 is 16.0 Å². The van der Waals surface area contributed by atoms with E-state index in [1.54, 1.807) is 6.07 Å². The molecule has 2 fully saturated rings. The number of pyridine rings is 1. The second-order valence-electron chi connectivity index (χ2n) is 8.75. The van der Waals surface area contributed by atoms with E-state index in [2.05, 4.69) is 30.2 Å². The molecule has 2 unspecified atom stereocenters. The van der Waals surface area contributed by atoms with Crippen molar-refractivity contribution in [2.45, 2.75) is 50.5 Å². The van der Waals surface area contributed by atoms with Gasteiger partial charge in [0.05, 0.1) is 24.9 Å². The number of H-pyrrole nitrogens is 1. The lowest BCUT2D eigenvalue weighted by Gasteiger charge is -2.34. The van der Waals surface area contributed by atoms with Gasteiger partial charge in [-0.3, -0.25) is 0 Å². The summed E-state index contributed by atoms with van der Waals surface area (Å²) in [6, 6.07) is 3.91. The van der Waals surface area contributed by atoms with Crippen molar-refractivity contribution < 1.29 is 17.9 Å². The first-order valence-corrected chi connectivity index (χ1v) is 11.1. The Morgan fingerprint density at radius 3 is 2.82 bits per heavy atom. The number of anilines is 2. The summed E-state index contributed by atoms with van der Waals surface area (Å²) >= 11 is 0. The molecule has 11 heteroatoms. The fourth-order valence-corrected chi connectivity index (χ4v) is 4.61. The highest BCUT2D eigenvalue weighted by Crippen LogP contribution is 2.39. The van der Waals surface area contributed by atoms with Crippen LogP contribution in [0.1, 0.15) is 31.7 Å². The number of nitrogens with two attached hydrogens (primary N) is 1. The summed E-state index contributed by atoms with van der Waals surface area (Å²) < 4.78 is 46.9. The van der Waals surface area contributed by atoms with E-state index in [0.29, 0.717) is 36.4 Å². The van der Waals surface area contributed by atoms with Crippen LogP contribution >= 0.6 is 0 Å². The van der Waals surface area contributed by atoms with Crippen molar-refractivity contribution in [3.05, 3.63) is 30.1 Å². The van der Waals surface area contributed by atoms with Gasteiger partial charge < -0.3 is 25.7 Å². The zero-order chi connectivity index (χ0) is 23.2. The molecule has 0 radical (unpaired) electrons. The Hall–Kier alpha value is -2.92. The minimum atomic E-state index is -4.59. The third-order valence-corrected chi connectivity index (χ3v) is 6.34. The van der Waals surface area contributed by atoms with Crippen LogP contribution in [0.25, 0.3) is 22.3 Å². The maximum atomic E-state index is 13.8. The molecule has 1 aliphatic carbocycles. The molecule has 4 N–H and O–H groups in total. The zero-order valence-corrected chi connectivity index (χ0v) is 18.2. The lowest BCUT2D eigenvalue weighted by atomic mass is 10.1. The summed E-state index contributed by atoms with van der Waals surface area (Å²) in [6.45, 7) is 3.97. The van der Waals surface area contributed by atoms with Crippen LogP contribution in [-0.4, -0.2) is 57.8 Å². The molecule has 2 aliphatic rings. The number of aromatic nitrogens is 4. The van der Waals surface area contributed by atoms with Gasteiger partial charge in [-0.1, -0.05) is 0 Å². The van der Waals surface area contributed by atoms with Crippen LogP contribution in [0, 0.1) is 0 Å². The largest absolute Gasteiger partial charge is 0.419 e. The topological polar surface area (TPSA) is 105 Å². The van der Waals surface area contributed by atoms with Crippen molar-refractivity contribution in [3.63, 3.8) is 0 Å². The Balaban J connectivity index is 1.52. The first-order chi connectivity index (χ1) is 15.8. The van der Waals surface area contributed by atoms with Crippen molar-refractivity contribution in [2.75, 3.05) is 30.0 Å². The van der Waals surface area contributed by atoms with Gasteiger partial charge in [-0.25, -0.2) is 15.0 Å². The quantitative estimate of drug-likeness (QED) is 0.546. The molecular weight excluding hydrogens is 435 g/mol. The number of hydrogen-bond donors (Lipinski definition) is 3. The average molecular weight is 461 g/mol. The number of alkyl halides is 3. The number of morpholine rings is 1. The fourth-order valence-electron chi connectivity index (χ4n) is 4.61. The van der Waals surface area contributed by atoms with Gasteiger partial charge in [-0.2, -0.15) is 13.2 Å². The summed E-state index contributed by atoms with van der Waals surface area (Å²) in [5.41, 5.74) is 5.73. The maximum absolute atomic E-state index is 13.8. The summed E-state index contributed by atoms with van der Waals surface area (Å²) in [5.74, 6) is 0.920. The number of halogens is 3. The Bertz CT molecular complexity index is 1150. The number of ether oxygens (including phenoxy) is 1. The Kier molecular flexibility index (Phi) is 5.61. The standard InChI is InChI=1S/C22H26F3N7O/c1-12-11-33-7-6-32(12)18-5-4-15-16(9-27-20(15)30-18)19-17(22(23,24)25)10-28-21(31-19)29-14-3-2-13(26)8-14/h4-5,9-10,12-14H,2-3,6-8,11,26H2,1H3,(H,27,30)(H,28,29,31)/t12-,13?,14?/m0/s1. The van der Waals surface area contributed by atoms with Crippen molar-refractivity contribution in [1.82, 2.24) is 19.9 Å². The molecule has 0 aromatic carbocycles. The van der Waals surface area contributed by atoms with Crippen molar-refractivity contribution in [1.29, 1.82) is 0 Å². The molecule has 1 saturated heterocycles. The number of hydrogen-bond acceptors (Lipinski definition) is 7. The molecular formula is C22H26F3N7O. The molecule has 0 spiro atoms. The van der Waals surface area contributed by atoms with E-state index in [0.717, 1.165) is 31.3 Å². The van der Waals surface area contributed by atoms with E-state index in [9.17, 15) is 13.2 Å². The maximum Gasteiger partial charge on any atom is 0.419 e. The predicted octanol–water partition coefficient (Wildman–Crippen LogP) is 3.56. The molecule has 0 amide bonds. The van der Waals surface area contributed by atoms with Crippen LogP contribution in [0.4, 0.5) is 24.9 Å². The highest BCUT2D eigenvalue weighted by atomic mass is 19.4. The molecule has 3 aromatic rings. The van der Waals surface area contributed by atoms with Crippen LogP contribution in [0.2, 0.25) is 0 Å². The van der Waals surface area contributed by atoms with Gasteiger partial charge in [0.1, 0.15) is 17.0 Å². The minimum absolute atomic E-state index is 0.0484. The lowest BCUT2D eigenvalue weighted by molar-refractivity contribution is -0.137. The molecule has 4 heterocycles. The highest BCUT2D eigenvalue weighted by molar-refractivity contribution is 5.94. The smallest absolute Gasteiger partial charge is 0.377 e. The van der Waals surface area contributed by atoms with Crippen LogP contribution in [0.15, 0.2) is 24.5 Å². The summed E-state index contributed by atoms with van der Waals surface area (Å²) in [4.78, 5) is 18.0. The normalized spacial score (nSPS) is 23.9. The monoisotopic (exact) mass is 461 g/mol. The van der Waals surface area contributed by atoms with Crippen LogP contribution in [0.5, 0.6) is 0 Å². The van der Waals surface area contributed by atoms with Crippen LogP contribution in [-0.2, 0) is 10.9 Å². The second-order valence-corrected chi connectivity index (χ2v) is 8.75. The third kappa shape index (κ3) is 4.34. The fraction of sp³-hybridized carbons (Fsp3) is 0.500. The third-order valence-electron chi connectivity index (χ3n) is 6.34. The van der Waals surface area contributed by atoms with Gasteiger partial charge in [-0.05, 0) is 38.3 Å². The molecule has 1 saturated carbocycles. The Morgan fingerprint density at radius 2 is 2.09 bits per heavy atom. The lowest BCUT2D eigenvalue weighted by Crippen LogP contribution is -2.44. The van der Waals surface area contributed by atoms with Gasteiger partial charge >= 0.3 is 6.18 Å². The molecule has 3 aromatic heterocycles. The minimum Gasteiger partial charge on any atom is -0.377 e. The second kappa shape index (κ2) is 8.45.